The van der Waals surface area contributed by atoms with Gasteiger partial charge in [0.25, 0.3) is 0 Å². The largest absolute Gasteiger partial charge is 0.490 e. The van der Waals surface area contributed by atoms with Gasteiger partial charge >= 0.3 is 0 Å². The number of nitrogens with zero attached hydrogens (tertiary/aromatic N) is 1. The van der Waals surface area contributed by atoms with Crippen LogP contribution >= 0.6 is 0 Å². The summed E-state index contributed by atoms with van der Waals surface area (Å²) in [7, 11) is 0. The lowest BCUT2D eigenvalue weighted by Crippen LogP contribution is -2.38. The molecule has 1 aliphatic rings. The second-order valence-corrected chi connectivity index (χ2v) is 4.34. The Morgan fingerprint density at radius 3 is 2.88 bits per heavy atom. The zero-order valence-electron chi connectivity index (χ0n) is 10.3. The highest BCUT2D eigenvalue weighted by atomic mass is 16.5. The molecule has 0 bridgehead atoms. The van der Waals surface area contributed by atoms with Crippen molar-refractivity contribution in [2.24, 2.45) is 0 Å². The van der Waals surface area contributed by atoms with Crippen LogP contribution in [-0.4, -0.2) is 44.4 Å². The zero-order chi connectivity index (χ0) is 12.1. The number of hydrogen-bond donors (Lipinski definition) is 1. The molecule has 1 aromatic rings. The van der Waals surface area contributed by atoms with Crippen LogP contribution in [0.3, 0.4) is 0 Å². The van der Waals surface area contributed by atoms with Crippen LogP contribution in [0.25, 0.3) is 0 Å². The van der Waals surface area contributed by atoms with Gasteiger partial charge in [-0.2, -0.15) is 0 Å². The third kappa shape index (κ3) is 3.61. The lowest BCUT2D eigenvalue weighted by atomic mass is 10.2. The first kappa shape index (κ1) is 12.2. The van der Waals surface area contributed by atoms with Gasteiger partial charge in [0.1, 0.15) is 12.4 Å². The number of benzene rings is 1. The Bertz CT molecular complexity index is 362. The van der Waals surface area contributed by atoms with Crippen molar-refractivity contribution in [2.75, 3.05) is 45.2 Å². The lowest BCUT2D eigenvalue weighted by molar-refractivity contribution is 0.0323. The minimum Gasteiger partial charge on any atom is -0.490 e. The summed E-state index contributed by atoms with van der Waals surface area (Å²) in [5.74, 6) is 0.790. The van der Waals surface area contributed by atoms with E-state index in [2.05, 4.69) is 4.90 Å². The first-order chi connectivity index (χ1) is 8.25. The van der Waals surface area contributed by atoms with Crippen LogP contribution in [-0.2, 0) is 4.74 Å². The van der Waals surface area contributed by atoms with E-state index in [1.807, 2.05) is 25.1 Å². The normalized spacial score (nSPS) is 17.0. The van der Waals surface area contributed by atoms with Gasteiger partial charge in [0.2, 0.25) is 0 Å². The number of anilines is 1. The van der Waals surface area contributed by atoms with E-state index in [0.717, 1.165) is 38.6 Å². The second-order valence-electron chi connectivity index (χ2n) is 4.34. The minimum atomic E-state index is 0.674. The number of hydrogen-bond acceptors (Lipinski definition) is 4. The van der Waals surface area contributed by atoms with Gasteiger partial charge in [-0.25, -0.2) is 0 Å². The number of morpholine rings is 1. The molecule has 1 aromatic carbocycles. The van der Waals surface area contributed by atoms with Crippen molar-refractivity contribution in [3.8, 4) is 5.75 Å². The highest BCUT2D eigenvalue weighted by molar-refractivity contribution is 5.53. The summed E-state index contributed by atoms with van der Waals surface area (Å²) in [6, 6.07) is 5.86. The molecule has 1 saturated heterocycles. The molecular weight excluding hydrogens is 216 g/mol. The fourth-order valence-corrected chi connectivity index (χ4v) is 1.88. The molecule has 0 aromatic heterocycles. The maximum Gasteiger partial charge on any atom is 0.142 e. The van der Waals surface area contributed by atoms with Crippen LogP contribution in [0.5, 0.6) is 5.75 Å². The standard InChI is InChI=1S/C13H20N2O2/c1-11-2-3-12(14)13(10-11)17-9-6-15-4-7-16-8-5-15/h2-3,10H,4-9,14H2,1H3. The summed E-state index contributed by atoms with van der Waals surface area (Å²) in [6.07, 6.45) is 0. The van der Waals surface area contributed by atoms with Crippen molar-refractivity contribution in [3.63, 3.8) is 0 Å². The Labute approximate surface area is 102 Å². The van der Waals surface area contributed by atoms with E-state index in [9.17, 15) is 0 Å². The fourth-order valence-electron chi connectivity index (χ4n) is 1.88. The molecule has 1 fully saturated rings. The number of ether oxygens (including phenoxy) is 2. The summed E-state index contributed by atoms with van der Waals surface area (Å²) < 4.78 is 11.0. The predicted molar refractivity (Wildman–Crippen MR) is 68.3 cm³/mol. The van der Waals surface area contributed by atoms with Gasteiger partial charge in [0.15, 0.2) is 0 Å². The Balaban J connectivity index is 1.79. The van der Waals surface area contributed by atoms with Gasteiger partial charge in [0.05, 0.1) is 18.9 Å². The first-order valence-corrected chi connectivity index (χ1v) is 6.05. The SMILES string of the molecule is Cc1ccc(N)c(OCCN2CCOCC2)c1. The third-order valence-electron chi connectivity index (χ3n) is 2.94. The lowest BCUT2D eigenvalue weighted by Gasteiger charge is -2.26. The molecule has 94 valence electrons. The van der Waals surface area contributed by atoms with Crippen LogP contribution in [0.2, 0.25) is 0 Å². The molecule has 0 saturated carbocycles. The zero-order valence-corrected chi connectivity index (χ0v) is 10.3. The van der Waals surface area contributed by atoms with Crippen molar-refractivity contribution in [2.45, 2.75) is 6.92 Å². The molecule has 0 atom stereocenters. The summed E-state index contributed by atoms with van der Waals surface area (Å²) in [4.78, 5) is 2.34. The minimum absolute atomic E-state index is 0.674. The molecule has 4 nitrogen and oxygen atoms in total. The Morgan fingerprint density at radius 2 is 2.12 bits per heavy atom. The molecular formula is C13H20N2O2. The maximum absolute atomic E-state index is 5.85. The van der Waals surface area contributed by atoms with E-state index in [0.29, 0.717) is 12.3 Å². The van der Waals surface area contributed by atoms with Crippen molar-refractivity contribution in [3.05, 3.63) is 23.8 Å². The quantitative estimate of drug-likeness (QED) is 0.800. The fraction of sp³-hybridized carbons (Fsp3) is 0.538. The molecule has 4 heteroatoms. The van der Waals surface area contributed by atoms with Gasteiger partial charge in [-0.1, -0.05) is 6.07 Å². The first-order valence-electron chi connectivity index (χ1n) is 6.05. The predicted octanol–water partition coefficient (Wildman–Crippen LogP) is 1.29. The second kappa shape index (κ2) is 5.89. The van der Waals surface area contributed by atoms with E-state index in [1.54, 1.807) is 0 Å². The molecule has 0 radical (unpaired) electrons. The number of rotatable bonds is 4. The van der Waals surface area contributed by atoms with Crippen molar-refractivity contribution >= 4 is 5.69 Å². The highest BCUT2D eigenvalue weighted by Gasteiger charge is 2.10. The smallest absolute Gasteiger partial charge is 0.142 e. The van der Waals surface area contributed by atoms with Gasteiger partial charge in [0, 0.05) is 19.6 Å². The van der Waals surface area contributed by atoms with E-state index < -0.39 is 0 Å². The van der Waals surface area contributed by atoms with Crippen LogP contribution in [0.15, 0.2) is 18.2 Å². The molecule has 2 rings (SSSR count). The molecule has 1 aliphatic heterocycles. The van der Waals surface area contributed by atoms with Crippen LogP contribution in [0.4, 0.5) is 5.69 Å². The molecule has 0 aliphatic carbocycles. The van der Waals surface area contributed by atoms with Gasteiger partial charge in [-0.3, -0.25) is 4.90 Å². The van der Waals surface area contributed by atoms with E-state index >= 15 is 0 Å². The highest BCUT2D eigenvalue weighted by Crippen LogP contribution is 2.22. The monoisotopic (exact) mass is 236 g/mol. The van der Waals surface area contributed by atoms with Crippen LogP contribution in [0.1, 0.15) is 5.56 Å². The van der Waals surface area contributed by atoms with Gasteiger partial charge in [-0.05, 0) is 24.6 Å². The number of nitrogens with two attached hydrogens (primary N) is 1. The summed E-state index contributed by atoms with van der Waals surface area (Å²) in [5.41, 5.74) is 7.72. The Hall–Kier alpha value is -1.26. The molecule has 0 amide bonds. The Morgan fingerprint density at radius 1 is 1.35 bits per heavy atom. The number of nitrogen functional groups attached to an aromatic ring is 1. The molecule has 0 unspecified atom stereocenters. The van der Waals surface area contributed by atoms with Crippen LogP contribution in [0, 0.1) is 6.92 Å². The molecule has 0 spiro atoms. The van der Waals surface area contributed by atoms with Crippen LogP contribution < -0.4 is 10.5 Å². The Kier molecular flexibility index (Phi) is 4.23. The summed E-state index contributed by atoms with van der Waals surface area (Å²) in [6.45, 7) is 7.27. The average molecular weight is 236 g/mol. The summed E-state index contributed by atoms with van der Waals surface area (Å²) >= 11 is 0. The van der Waals surface area contributed by atoms with Crippen molar-refractivity contribution in [1.29, 1.82) is 0 Å². The van der Waals surface area contributed by atoms with Crippen molar-refractivity contribution in [1.82, 2.24) is 4.90 Å². The van der Waals surface area contributed by atoms with E-state index in [4.69, 9.17) is 15.2 Å². The average Bonchev–Trinajstić information content (AvgIpc) is 2.35. The van der Waals surface area contributed by atoms with Crippen molar-refractivity contribution < 1.29 is 9.47 Å². The number of aryl methyl sites for hydroxylation is 1. The van der Waals surface area contributed by atoms with Gasteiger partial charge < -0.3 is 15.2 Å². The third-order valence-corrected chi connectivity index (χ3v) is 2.94. The molecule has 17 heavy (non-hydrogen) atoms. The van der Waals surface area contributed by atoms with E-state index in [1.165, 1.54) is 5.56 Å². The summed E-state index contributed by atoms with van der Waals surface area (Å²) in [5, 5.41) is 0. The molecule has 1 heterocycles. The topological polar surface area (TPSA) is 47.7 Å². The van der Waals surface area contributed by atoms with E-state index in [-0.39, 0.29) is 0 Å². The van der Waals surface area contributed by atoms with Gasteiger partial charge in [-0.15, -0.1) is 0 Å². The molecule has 2 N–H and O–H groups in total. The maximum atomic E-state index is 5.85.